The summed E-state index contributed by atoms with van der Waals surface area (Å²) >= 11 is 0. The van der Waals surface area contributed by atoms with Crippen LogP contribution in [0.5, 0.6) is 11.5 Å². The van der Waals surface area contributed by atoms with Crippen molar-refractivity contribution in [1.82, 2.24) is 14.9 Å². The summed E-state index contributed by atoms with van der Waals surface area (Å²) in [7, 11) is 0. The lowest BCUT2D eigenvalue weighted by Crippen LogP contribution is -2.23. The van der Waals surface area contributed by atoms with E-state index in [9.17, 15) is 9.18 Å². The van der Waals surface area contributed by atoms with Gasteiger partial charge in [0, 0.05) is 25.4 Å². The zero-order valence-electron chi connectivity index (χ0n) is 16.3. The van der Waals surface area contributed by atoms with Crippen LogP contribution in [0.3, 0.4) is 0 Å². The summed E-state index contributed by atoms with van der Waals surface area (Å²) in [5, 5.41) is 2.81. The van der Waals surface area contributed by atoms with E-state index in [2.05, 4.69) is 10.3 Å². The number of hydrogen-bond donors (Lipinski definition) is 1. The fourth-order valence-corrected chi connectivity index (χ4v) is 2.82. The normalized spacial score (nSPS) is 10.6. The van der Waals surface area contributed by atoms with Crippen LogP contribution in [0, 0.1) is 5.82 Å². The van der Waals surface area contributed by atoms with Gasteiger partial charge in [-0.2, -0.15) is 0 Å². The number of ether oxygens (including phenoxy) is 2. The molecule has 0 spiro atoms. The van der Waals surface area contributed by atoms with E-state index >= 15 is 0 Å². The Morgan fingerprint density at radius 1 is 1.17 bits per heavy atom. The molecule has 0 atom stereocenters. The van der Waals surface area contributed by atoms with Gasteiger partial charge >= 0.3 is 0 Å². The third-order valence-corrected chi connectivity index (χ3v) is 4.24. The molecule has 1 amide bonds. The lowest BCUT2D eigenvalue weighted by Gasteiger charge is -2.11. The summed E-state index contributed by atoms with van der Waals surface area (Å²) in [5.74, 6) is 0.894. The van der Waals surface area contributed by atoms with Gasteiger partial charge in [0.15, 0.2) is 11.5 Å². The Kier molecular flexibility index (Phi) is 7.22. The Morgan fingerprint density at radius 3 is 2.66 bits per heavy atom. The van der Waals surface area contributed by atoms with Crippen LogP contribution in [0.2, 0.25) is 0 Å². The molecule has 0 saturated carbocycles. The van der Waals surface area contributed by atoms with E-state index in [1.165, 1.54) is 12.4 Å². The number of amides is 1. The molecule has 2 aromatic carbocycles. The number of halogens is 1. The highest BCUT2D eigenvalue weighted by Gasteiger charge is 2.08. The van der Waals surface area contributed by atoms with E-state index in [0.29, 0.717) is 48.8 Å². The molecule has 29 heavy (non-hydrogen) atoms. The summed E-state index contributed by atoms with van der Waals surface area (Å²) in [6.45, 7) is 3.16. The monoisotopic (exact) mass is 397 g/mol. The van der Waals surface area contributed by atoms with Crippen LogP contribution < -0.4 is 14.8 Å². The maximum atomic E-state index is 14.2. The minimum Gasteiger partial charge on any atom is -0.490 e. The topological polar surface area (TPSA) is 65.4 Å². The molecule has 0 fully saturated rings. The first-order chi connectivity index (χ1) is 14.2. The minimum atomic E-state index is -0.365. The van der Waals surface area contributed by atoms with Crippen molar-refractivity contribution >= 4 is 5.91 Å². The van der Waals surface area contributed by atoms with Gasteiger partial charge in [0.25, 0.3) is 0 Å². The molecule has 1 heterocycles. The van der Waals surface area contributed by atoms with Gasteiger partial charge in [-0.25, -0.2) is 9.37 Å². The molecule has 0 aliphatic carbocycles. The average molecular weight is 397 g/mol. The number of para-hydroxylation sites is 2. The highest BCUT2D eigenvalue weighted by Crippen LogP contribution is 2.26. The van der Waals surface area contributed by atoms with E-state index in [1.54, 1.807) is 29.1 Å². The van der Waals surface area contributed by atoms with E-state index in [-0.39, 0.29) is 18.3 Å². The van der Waals surface area contributed by atoms with Crippen molar-refractivity contribution < 1.29 is 18.7 Å². The SMILES string of the molecule is CCOc1ccccc1OCCCC(=O)NCc1ccc(-n2ccnc2)c(F)c1. The summed E-state index contributed by atoms with van der Waals surface area (Å²) in [4.78, 5) is 16.0. The van der Waals surface area contributed by atoms with Gasteiger partial charge in [-0.1, -0.05) is 18.2 Å². The van der Waals surface area contributed by atoms with Gasteiger partial charge in [-0.3, -0.25) is 4.79 Å². The first-order valence-electron chi connectivity index (χ1n) is 9.55. The fourth-order valence-electron chi connectivity index (χ4n) is 2.82. The lowest BCUT2D eigenvalue weighted by molar-refractivity contribution is -0.121. The third kappa shape index (κ3) is 5.81. The van der Waals surface area contributed by atoms with Crippen molar-refractivity contribution in [3.8, 4) is 17.2 Å². The molecular formula is C22H24FN3O3. The maximum Gasteiger partial charge on any atom is 0.220 e. The molecule has 3 aromatic rings. The largest absolute Gasteiger partial charge is 0.490 e. The third-order valence-electron chi connectivity index (χ3n) is 4.24. The Hall–Kier alpha value is -3.35. The van der Waals surface area contributed by atoms with Crippen LogP contribution in [0.1, 0.15) is 25.3 Å². The number of hydrogen-bond acceptors (Lipinski definition) is 4. The van der Waals surface area contributed by atoms with Crippen LogP contribution >= 0.6 is 0 Å². The number of nitrogens with zero attached hydrogens (tertiary/aromatic N) is 2. The van der Waals surface area contributed by atoms with Gasteiger partial charge in [0.1, 0.15) is 5.82 Å². The molecule has 7 heteroatoms. The summed E-state index contributed by atoms with van der Waals surface area (Å²) in [6.07, 6.45) is 5.70. The number of nitrogens with one attached hydrogen (secondary N) is 1. The number of carbonyl (C=O) groups excluding carboxylic acids is 1. The fraction of sp³-hybridized carbons (Fsp3) is 0.273. The Balaban J connectivity index is 1.41. The minimum absolute atomic E-state index is 0.106. The standard InChI is InChI=1S/C22H24FN3O3/c1-2-28-20-6-3-4-7-21(20)29-13-5-8-22(27)25-15-17-9-10-19(18(23)14-17)26-12-11-24-16-26/h3-4,6-7,9-12,14,16H,2,5,8,13,15H2,1H3,(H,25,27). The number of imidazole rings is 1. The van der Waals surface area contributed by atoms with Crippen molar-refractivity contribution in [2.24, 2.45) is 0 Å². The van der Waals surface area contributed by atoms with Gasteiger partial charge in [-0.05, 0) is 43.2 Å². The van der Waals surface area contributed by atoms with E-state index in [4.69, 9.17) is 9.47 Å². The number of benzene rings is 2. The van der Waals surface area contributed by atoms with E-state index < -0.39 is 0 Å². The molecule has 1 N–H and O–H groups in total. The molecule has 0 aliphatic rings. The first-order valence-corrected chi connectivity index (χ1v) is 9.55. The van der Waals surface area contributed by atoms with Crippen molar-refractivity contribution in [1.29, 1.82) is 0 Å². The lowest BCUT2D eigenvalue weighted by atomic mass is 10.2. The quantitative estimate of drug-likeness (QED) is 0.527. The second kappa shape index (κ2) is 10.3. The van der Waals surface area contributed by atoms with Gasteiger partial charge in [0.05, 0.1) is 25.2 Å². The Labute approximate surface area is 169 Å². The first kappa shape index (κ1) is 20.4. The van der Waals surface area contributed by atoms with Crippen molar-refractivity contribution in [3.05, 3.63) is 72.6 Å². The molecule has 0 saturated heterocycles. The molecule has 6 nitrogen and oxygen atoms in total. The van der Waals surface area contributed by atoms with E-state index in [0.717, 1.165) is 0 Å². The smallest absolute Gasteiger partial charge is 0.220 e. The van der Waals surface area contributed by atoms with Crippen LogP contribution in [-0.4, -0.2) is 28.7 Å². The molecule has 152 valence electrons. The van der Waals surface area contributed by atoms with E-state index in [1.807, 2.05) is 31.2 Å². The van der Waals surface area contributed by atoms with Crippen molar-refractivity contribution in [3.63, 3.8) is 0 Å². The predicted molar refractivity (Wildman–Crippen MR) is 108 cm³/mol. The van der Waals surface area contributed by atoms with Crippen LogP contribution in [0.25, 0.3) is 5.69 Å². The highest BCUT2D eigenvalue weighted by atomic mass is 19.1. The highest BCUT2D eigenvalue weighted by molar-refractivity contribution is 5.75. The van der Waals surface area contributed by atoms with Gasteiger partial charge in [-0.15, -0.1) is 0 Å². The van der Waals surface area contributed by atoms with Crippen molar-refractivity contribution in [2.45, 2.75) is 26.3 Å². The average Bonchev–Trinajstić information content (AvgIpc) is 3.25. The molecule has 0 radical (unpaired) electrons. The summed E-state index contributed by atoms with van der Waals surface area (Å²) < 4.78 is 27.1. The Morgan fingerprint density at radius 2 is 1.97 bits per heavy atom. The molecule has 3 rings (SSSR count). The predicted octanol–water partition coefficient (Wildman–Crippen LogP) is 3.89. The number of rotatable bonds is 10. The zero-order chi connectivity index (χ0) is 20.5. The van der Waals surface area contributed by atoms with Gasteiger partial charge in [0.2, 0.25) is 5.91 Å². The van der Waals surface area contributed by atoms with Crippen LogP contribution in [-0.2, 0) is 11.3 Å². The summed E-state index contributed by atoms with van der Waals surface area (Å²) in [6, 6.07) is 12.3. The molecule has 0 aliphatic heterocycles. The van der Waals surface area contributed by atoms with Crippen molar-refractivity contribution in [2.75, 3.05) is 13.2 Å². The second-order valence-corrected chi connectivity index (χ2v) is 6.36. The molecule has 0 bridgehead atoms. The maximum absolute atomic E-state index is 14.2. The Bertz CT molecular complexity index is 929. The second-order valence-electron chi connectivity index (χ2n) is 6.36. The molecule has 0 unspecified atom stereocenters. The van der Waals surface area contributed by atoms with Gasteiger partial charge < -0.3 is 19.4 Å². The zero-order valence-corrected chi connectivity index (χ0v) is 16.3. The number of carbonyl (C=O) groups is 1. The molecule has 1 aromatic heterocycles. The number of aromatic nitrogens is 2. The molecular weight excluding hydrogens is 373 g/mol. The summed E-state index contributed by atoms with van der Waals surface area (Å²) in [5.41, 5.74) is 1.11. The van der Waals surface area contributed by atoms with Crippen LogP contribution in [0.4, 0.5) is 4.39 Å². The van der Waals surface area contributed by atoms with Crippen LogP contribution in [0.15, 0.2) is 61.2 Å².